The molecule has 4 aliphatic rings. The number of piperidine rings is 1. The highest BCUT2D eigenvalue weighted by molar-refractivity contribution is 6.00. The minimum absolute atomic E-state index is 0.157. The first kappa shape index (κ1) is 47.5. The SMILES string of the molecule is Cn1c(=O)n(C2CCC(=O)NC2=O)c2ccc(CC3CCC(CCC(=O)N[C@@H]4CCN(C(=O)[C@@H](NC(=O)OC(C)(C)C)C(C)(C)C)[C@@H]4C(=O)N4CCO[C@H](c5ccccc5)C4)CC3)cc21. The number of fused-ring (bicyclic) bond motifs is 1. The van der Waals surface area contributed by atoms with Gasteiger partial charge in [-0.05, 0) is 99.8 Å². The standard InChI is InChI=1S/C49H67N7O9/c1-48(2,3)42(52-46(62)65-49(4,5)6)45(61)55-24-23-34(41(55)44(60)54-25-26-64-38(29-54)33-11-9-8-10-12-33)50-39(57)21-18-30-13-15-31(16-14-30)27-32-17-19-35-37(28-32)53(7)47(63)56(35)36-20-22-40(58)51-43(36)59/h8-12,17,19,28,30-31,34,36,38,41-42H,13-16,18,20-27,29H2,1-7H3,(H,50,57)(H,52,62)(H,51,58,59)/t30?,31?,34-,36?,38+,41+,42-/m1/s1. The van der Waals surface area contributed by atoms with Crippen LogP contribution in [0.15, 0.2) is 53.3 Å². The van der Waals surface area contributed by atoms with Gasteiger partial charge in [-0.15, -0.1) is 0 Å². The highest BCUT2D eigenvalue weighted by atomic mass is 16.6. The first-order chi connectivity index (χ1) is 30.8. The van der Waals surface area contributed by atoms with Crippen LogP contribution in [0.1, 0.15) is 123 Å². The average molecular weight is 898 g/mol. The van der Waals surface area contributed by atoms with Crippen LogP contribution in [0.3, 0.4) is 0 Å². The van der Waals surface area contributed by atoms with Gasteiger partial charge in [-0.2, -0.15) is 0 Å². The van der Waals surface area contributed by atoms with Crippen molar-refractivity contribution in [3.05, 3.63) is 70.1 Å². The summed E-state index contributed by atoms with van der Waals surface area (Å²) in [6.07, 6.45) is 5.65. The smallest absolute Gasteiger partial charge is 0.408 e. The van der Waals surface area contributed by atoms with Crippen LogP contribution in [0.5, 0.6) is 0 Å². The number of amides is 6. The number of ether oxygens (including phenoxy) is 2. The van der Waals surface area contributed by atoms with Gasteiger partial charge in [0.15, 0.2) is 0 Å². The van der Waals surface area contributed by atoms with Gasteiger partial charge in [0.2, 0.25) is 29.5 Å². The zero-order valence-electron chi connectivity index (χ0n) is 39.0. The van der Waals surface area contributed by atoms with Crippen LogP contribution >= 0.6 is 0 Å². The molecule has 1 aromatic heterocycles. The van der Waals surface area contributed by atoms with Gasteiger partial charge in [0.05, 0.1) is 30.2 Å². The van der Waals surface area contributed by atoms with E-state index in [1.54, 1.807) is 42.2 Å². The number of hydrogen-bond donors (Lipinski definition) is 3. The topological polar surface area (TPSA) is 190 Å². The highest BCUT2D eigenvalue weighted by Gasteiger charge is 2.49. The Kier molecular flexibility index (Phi) is 14.3. The predicted molar refractivity (Wildman–Crippen MR) is 243 cm³/mol. The second-order valence-corrected chi connectivity index (χ2v) is 20.6. The largest absolute Gasteiger partial charge is 0.444 e. The van der Waals surface area contributed by atoms with Crippen LogP contribution in [0.4, 0.5) is 4.79 Å². The van der Waals surface area contributed by atoms with Gasteiger partial charge in [-0.25, -0.2) is 9.59 Å². The van der Waals surface area contributed by atoms with Crippen LogP contribution in [-0.4, -0.2) is 105 Å². The van der Waals surface area contributed by atoms with Crippen LogP contribution in [0.25, 0.3) is 11.0 Å². The van der Waals surface area contributed by atoms with E-state index < -0.39 is 53.1 Å². The molecule has 16 nitrogen and oxygen atoms in total. The molecular formula is C49H67N7O9. The predicted octanol–water partition coefficient (Wildman–Crippen LogP) is 5.07. The molecule has 0 radical (unpaired) electrons. The Morgan fingerprint density at radius 1 is 0.877 bits per heavy atom. The number of aryl methyl sites for hydroxylation is 1. The molecule has 4 fully saturated rings. The molecule has 0 spiro atoms. The molecule has 65 heavy (non-hydrogen) atoms. The van der Waals surface area contributed by atoms with E-state index in [1.165, 1.54) is 4.57 Å². The van der Waals surface area contributed by atoms with Crippen molar-refractivity contribution >= 4 is 46.7 Å². The average Bonchev–Trinajstić information content (AvgIpc) is 3.78. The third-order valence-corrected chi connectivity index (χ3v) is 13.5. The number of nitrogens with one attached hydrogen (secondary N) is 3. The molecule has 352 valence electrons. The normalized spacial score (nSPS) is 24.7. The van der Waals surface area contributed by atoms with Gasteiger partial charge in [-0.1, -0.05) is 70.0 Å². The van der Waals surface area contributed by atoms with Crippen molar-refractivity contribution < 1.29 is 38.2 Å². The number of benzene rings is 2. The Hall–Kier alpha value is -5.51. The quantitative estimate of drug-likeness (QED) is 0.221. The Bertz CT molecular complexity index is 2320. The maximum atomic E-state index is 14.7. The van der Waals surface area contributed by atoms with E-state index in [-0.39, 0.29) is 48.9 Å². The lowest BCUT2D eigenvalue weighted by Crippen LogP contribution is -2.62. The fourth-order valence-electron chi connectivity index (χ4n) is 10.1. The second-order valence-electron chi connectivity index (χ2n) is 20.6. The second kappa shape index (κ2) is 19.5. The third kappa shape index (κ3) is 11.1. The number of rotatable bonds is 11. The Morgan fingerprint density at radius 3 is 2.26 bits per heavy atom. The van der Waals surface area contributed by atoms with Crippen LogP contribution in [0, 0.1) is 17.3 Å². The number of morpholine rings is 1. The van der Waals surface area contributed by atoms with Gasteiger partial charge >= 0.3 is 11.8 Å². The minimum atomic E-state index is -0.998. The molecule has 6 amide bonds. The summed E-state index contributed by atoms with van der Waals surface area (Å²) in [6, 6.07) is 12.4. The molecule has 3 saturated heterocycles. The molecular weight excluding hydrogens is 831 g/mol. The number of nitrogens with zero attached hydrogens (tertiary/aromatic N) is 4. The van der Waals surface area contributed by atoms with Crippen molar-refractivity contribution in [1.29, 1.82) is 0 Å². The van der Waals surface area contributed by atoms with Gasteiger partial charge in [0.25, 0.3) is 0 Å². The lowest BCUT2D eigenvalue weighted by molar-refractivity contribution is -0.151. The van der Waals surface area contributed by atoms with E-state index >= 15 is 0 Å². The van der Waals surface area contributed by atoms with Gasteiger partial charge in [-0.3, -0.25) is 38.4 Å². The lowest BCUT2D eigenvalue weighted by Gasteiger charge is -2.40. The minimum Gasteiger partial charge on any atom is -0.444 e. The number of alkyl carbamates (subject to hydrolysis) is 1. The highest BCUT2D eigenvalue weighted by Crippen LogP contribution is 2.35. The van der Waals surface area contributed by atoms with Gasteiger partial charge < -0.3 is 29.9 Å². The van der Waals surface area contributed by atoms with Crippen molar-refractivity contribution in [2.75, 3.05) is 26.2 Å². The maximum Gasteiger partial charge on any atom is 0.408 e. The summed E-state index contributed by atoms with van der Waals surface area (Å²) >= 11 is 0. The molecule has 3 N–H and O–H groups in total. The summed E-state index contributed by atoms with van der Waals surface area (Å²) in [5, 5.41) is 8.32. The van der Waals surface area contributed by atoms with Gasteiger partial charge in [0.1, 0.15) is 29.8 Å². The molecule has 0 bridgehead atoms. The molecule has 1 aliphatic carbocycles. The first-order valence-electron chi connectivity index (χ1n) is 23.4. The molecule has 1 saturated carbocycles. The number of imidazole rings is 1. The summed E-state index contributed by atoms with van der Waals surface area (Å²) in [4.78, 5) is 97.0. The molecule has 1 unspecified atom stereocenters. The summed E-state index contributed by atoms with van der Waals surface area (Å²) < 4.78 is 14.7. The molecule has 16 heteroatoms. The van der Waals surface area contributed by atoms with E-state index in [0.717, 1.165) is 48.7 Å². The van der Waals surface area contributed by atoms with E-state index in [9.17, 15) is 33.6 Å². The van der Waals surface area contributed by atoms with Crippen LogP contribution in [0.2, 0.25) is 0 Å². The fraction of sp³-hybridized carbons (Fsp3) is 0.612. The monoisotopic (exact) mass is 898 g/mol. The van der Waals surface area contributed by atoms with E-state index in [0.29, 0.717) is 56.3 Å². The fourth-order valence-corrected chi connectivity index (χ4v) is 10.1. The van der Waals surface area contributed by atoms with Crippen molar-refractivity contribution in [2.45, 2.75) is 142 Å². The Balaban J connectivity index is 0.976. The van der Waals surface area contributed by atoms with E-state index in [4.69, 9.17) is 9.47 Å². The van der Waals surface area contributed by atoms with Gasteiger partial charge in [0, 0.05) is 33.0 Å². The van der Waals surface area contributed by atoms with Crippen molar-refractivity contribution in [1.82, 2.24) is 34.9 Å². The summed E-state index contributed by atoms with van der Waals surface area (Å²) in [5.41, 5.74) is 1.71. The van der Waals surface area contributed by atoms with Crippen molar-refractivity contribution in [3.63, 3.8) is 0 Å². The van der Waals surface area contributed by atoms with Crippen LogP contribution in [-0.2, 0) is 46.9 Å². The molecule has 4 heterocycles. The number of hydrogen-bond acceptors (Lipinski definition) is 9. The summed E-state index contributed by atoms with van der Waals surface area (Å²) in [5.74, 6) is -0.778. The first-order valence-corrected chi connectivity index (χ1v) is 23.4. The molecule has 5 atom stereocenters. The van der Waals surface area contributed by atoms with Crippen LogP contribution < -0.4 is 21.6 Å². The third-order valence-electron chi connectivity index (χ3n) is 13.5. The molecule has 3 aromatic rings. The number of likely N-dealkylation sites (tertiary alicyclic amines) is 1. The maximum absolute atomic E-state index is 14.7. The number of carbonyl (C=O) groups is 6. The van der Waals surface area contributed by atoms with E-state index in [1.807, 2.05) is 69.3 Å². The summed E-state index contributed by atoms with van der Waals surface area (Å²) in [7, 11) is 1.71. The Morgan fingerprint density at radius 2 is 1.58 bits per heavy atom. The number of imide groups is 1. The molecule has 7 rings (SSSR count). The molecule has 3 aliphatic heterocycles. The zero-order chi connectivity index (χ0) is 46.8. The summed E-state index contributed by atoms with van der Waals surface area (Å²) in [6.45, 7) is 12.0. The lowest BCUT2D eigenvalue weighted by atomic mass is 9.77. The van der Waals surface area contributed by atoms with Crippen molar-refractivity contribution in [2.24, 2.45) is 24.3 Å². The zero-order valence-corrected chi connectivity index (χ0v) is 39.0. The Labute approximate surface area is 381 Å². The number of aromatic nitrogens is 2. The number of carbonyl (C=O) groups excluding carboxylic acids is 6. The van der Waals surface area contributed by atoms with E-state index in [2.05, 4.69) is 16.0 Å². The molecule has 2 aromatic carbocycles. The van der Waals surface area contributed by atoms with Crippen molar-refractivity contribution in [3.8, 4) is 0 Å².